The third-order valence-electron chi connectivity index (χ3n) is 3.03. The van der Waals surface area contributed by atoms with Gasteiger partial charge in [-0.25, -0.2) is 9.69 Å². The first-order valence-corrected chi connectivity index (χ1v) is 6.12. The van der Waals surface area contributed by atoms with Crippen molar-refractivity contribution in [3.05, 3.63) is 29.8 Å². The lowest BCUT2D eigenvalue weighted by Gasteiger charge is -2.17. The highest BCUT2D eigenvalue weighted by Gasteiger charge is 2.38. The minimum atomic E-state index is -4.53. The first-order chi connectivity index (χ1) is 9.84. The highest BCUT2D eigenvalue weighted by atomic mass is 19.4. The van der Waals surface area contributed by atoms with Gasteiger partial charge in [0.2, 0.25) is 0 Å². The van der Waals surface area contributed by atoms with E-state index in [1.807, 2.05) is 0 Å². The van der Waals surface area contributed by atoms with Crippen molar-refractivity contribution in [2.45, 2.75) is 6.18 Å². The van der Waals surface area contributed by atoms with Crippen LogP contribution in [0.2, 0.25) is 0 Å². The van der Waals surface area contributed by atoms with Crippen molar-refractivity contribution < 1.29 is 27.5 Å². The highest BCUT2D eigenvalue weighted by molar-refractivity contribution is 6.19. The highest BCUT2D eigenvalue weighted by Crippen LogP contribution is 2.32. The van der Waals surface area contributed by atoms with Crippen LogP contribution >= 0.6 is 0 Å². The Morgan fingerprint density at radius 1 is 1.29 bits per heavy atom. The van der Waals surface area contributed by atoms with Crippen LogP contribution in [0.5, 0.6) is 0 Å². The van der Waals surface area contributed by atoms with Crippen LogP contribution in [0, 0.1) is 0 Å². The number of carbonyl (C=O) groups is 2. The first-order valence-electron chi connectivity index (χ1n) is 6.12. The summed E-state index contributed by atoms with van der Waals surface area (Å²) in [5.74, 6) is -0.560. The molecule has 0 atom stereocenters. The van der Waals surface area contributed by atoms with Crippen LogP contribution in [0.3, 0.4) is 0 Å². The fraction of sp³-hybridized carbons (Fsp3) is 0.385. The van der Waals surface area contributed by atoms with Gasteiger partial charge in [-0.1, -0.05) is 6.07 Å². The molecular weight excluding hydrogens is 289 g/mol. The maximum Gasteiger partial charge on any atom is 0.416 e. The number of halogens is 3. The minimum Gasteiger partial charge on any atom is -0.383 e. The molecule has 1 aromatic carbocycles. The molecule has 5 nitrogen and oxygen atoms in total. The van der Waals surface area contributed by atoms with E-state index in [1.165, 1.54) is 18.1 Å². The Kier molecular flexibility index (Phi) is 4.17. The Hall–Kier alpha value is -2.09. The van der Waals surface area contributed by atoms with Crippen molar-refractivity contribution in [3.63, 3.8) is 0 Å². The van der Waals surface area contributed by atoms with Crippen molar-refractivity contribution in [1.29, 1.82) is 0 Å². The molecule has 8 heteroatoms. The summed E-state index contributed by atoms with van der Waals surface area (Å²) in [6.45, 7) is 0.282. The number of carbonyl (C=O) groups excluding carboxylic acids is 2. The largest absolute Gasteiger partial charge is 0.416 e. The summed E-state index contributed by atoms with van der Waals surface area (Å²) in [5, 5.41) is 0. The first kappa shape index (κ1) is 15.3. The molecule has 0 bridgehead atoms. The monoisotopic (exact) mass is 302 g/mol. The Labute approximate surface area is 118 Å². The fourth-order valence-corrected chi connectivity index (χ4v) is 2.00. The number of amides is 3. The summed E-state index contributed by atoms with van der Waals surface area (Å²) in [4.78, 5) is 25.9. The van der Waals surface area contributed by atoms with Gasteiger partial charge in [0.1, 0.15) is 6.54 Å². The van der Waals surface area contributed by atoms with Gasteiger partial charge < -0.3 is 9.64 Å². The predicted octanol–water partition coefficient (Wildman–Crippen LogP) is 2.12. The van der Waals surface area contributed by atoms with Crippen molar-refractivity contribution in [2.24, 2.45) is 0 Å². The zero-order valence-corrected chi connectivity index (χ0v) is 11.2. The summed E-state index contributed by atoms with van der Waals surface area (Å²) in [5.41, 5.74) is -0.990. The van der Waals surface area contributed by atoms with E-state index < -0.39 is 23.7 Å². The third kappa shape index (κ3) is 3.15. The van der Waals surface area contributed by atoms with E-state index in [0.29, 0.717) is 0 Å². The van der Waals surface area contributed by atoms with Crippen LogP contribution in [-0.4, -0.2) is 43.6 Å². The average molecular weight is 302 g/mol. The van der Waals surface area contributed by atoms with Gasteiger partial charge >= 0.3 is 12.2 Å². The Bertz CT molecular complexity index is 560. The SMILES string of the molecule is COCCN1CC(=O)N(c2cccc(C(F)(F)F)c2)C1=O. The number of benzene rings is 1. The van der Waals surface area contributed by atoms with Crippen LogP contribution in [0.25, 0.3) is 0 Å². The molecule has 2 rings (SSSR count). The molecule has 1 aromatic rings. The van der Waals surface area contributed by atoms with Crippen molar-refractivity contribution >= 4 is 17.6 Å². The lowest BCUT2D eigenvalue weighted by molar-refractivity contribution is -0.137. The lowest BCUT2D eigenvalue weighted by Crippen LogP contribution is -2.34. The Morgan fingerprint density at radius 2 is 2.00 bits per heavy atom. The zero-order valence-electron chi connectivity index (χ0n) is 11.2. The molecule has 0 radical (unpaired) electrons. The average Bonchev–Trinajstić information content (AvgIpc) is 2.70. The number of urea groups is 1. The second-order valence-electron chi connectivity index (χ2n) is 4.47. The van der Waals surface area contributed by atoms with Crippen molar-refractivity contribution in [3.8, 4) is 0 Å². The molecule has 3 amide bonds. The number of nitrogens with zero attached hydrogens (tertiary/aromatic N) is 2. The van der Waals surface area contributed by atoms with Gasteiger partial charge in [0.25, 0.3) is 5.91 Å². The summed E-state index contributed by atoms with van der Waals surface area (Å²) in [7, 11) is 1.45. The van der Waals surface area contributed by atoms with Crippen LogP contribution in [-0.2, 0) is 15.7 Å². The van der Waals surface area contributed by atoms with Crippen molar-refractivity contribution in [2.75, 3.05) is 31.7 Å². The van der Waals surface area contributed by atoms with Gasteiger partial charge in [0.15, 0.2) is 0 Å². The molecule has 0 spiro atoms. The number of ether oxygens (including phenoxy) is 1. The summed E-state index contributed by atoms with van der Waals surface area (Å²) in [6, 6.07) is 3.49. The smallest absolute Gasteiger partial charge is 0.383 e. The third-order valence-corrected chi connectivity index (χ3v) is 3.03. The van der Waals surface area contributed by atoms with Gasteiger partial charge in [0.05, 0.1) is 17.9 Å². The van der Waals surface area contributed by atoms with Gasteiger partial charge in [-0.15, -0.1) is 0 Å². The van der Waals surface area contributed by atoms with Gasteiger partial charge in [-0.2, -0.15) is 13.2 Å². The van der Waals surface area contributed by atoms with Gasteiger partial charge in [0, 0.05) is 13.7 Å². The molecule has 1 saturated heterocycles. The fourth-order valence-electron chi connectivity index (χ4n) is 2.00. The second kappa shape index (κ2) is 5.72. The Balaban J connectivity index is 2.26. The number of alkyl halides is 3. The standard InChI is InChI=1S/C13H13F3N2O3/c1-21-6-5-17-8-11(19)18(12(17)20)10-4-2-3-9(7-10)13(14,15)16/h2-4,7H,5-6,8H2,1H3. The molecule has 1 aliphatic heterocycles. The van der Waals surface area contributed by atoms with Crippen LogP contribution < -0.4 is 4.90 Å². The number of hydrogen-bond donors (Lipinski definition) is 0. The summed E-state index contributed by atoms with van der Waals surface area (Å²) >= 11 is 0. The second-order valence-corrected chi connectivity index (χ2v) is 4.47. The van der Waals surface area contributed by atoms with Crippen LogP contribution in [0.4, 0.5) is 23.7 Å². The molecular formula is C13H13F3N2O3. The molecule has 0 aromatic heterocycles. The van der Waals surface area contributed by atoms with E-state index in [2.05, 4.69) is 0 Å². The number of methoxy groups -OCH3 is 1. The van der Waals surface area contributed by atoms with E-state index in [4.69, 9.17) is 4.74 Å². The Morgan fingerprint density at radius 3 is 2.62 bits per heavy atom. The number of rotatable bonds is 4. The van der Waals surface area contributed by atoms with Crippen LogP contribution in [0.15, 0.2) is 24.3 Å². The predicted molar refractivity (Wildman–Crippen MR) is 67.8 cm³/mol. The van der Waals surface area contributed by atoms with Gasteiger partial charge in [-0.3, -0.25) is 4.79 Å². The molecule has 1 aliphatic rings. The maximum absolute atomic E-state index is 12.7. The molecule has 0 N–H and O–H groups in total. The maximum atomic E-state index is 12.7. The molecule has 0 aliphatic carbocycles. The molecule has 0 unspecified atom stereocenters. The summed E-state index contributed by atoms with van der Waals surface area (Å²) in [6.07, 6.45) is -4.53. The van der Waals surface area contributed by atoms with Crippen molar-refractivity contribution in [1.82, 2.24) is 4.90 Å². The van der Waals surface area contributed by atoms with E-state index in [-0.39, 0.29) is 25.4 Å². The van der Waals surface area contributed by atoms with Crippen LogP contribution in [0.1, 0.15) is 5.56 Å². The van der Waals surface area contributed by atoms with E-state index in [0.717, 1.165) is 23.1 Å². The normalized spacial score (nSPS) is 16.0. The lowest BCUT2D eigenvalue weighted by atomic mass is 10.2. The molecule has 0 saturated carbocycles. The molecule has 1 heterocycles. The minimum absolute atomic E-state index is 0.0836. The van der Waals surface area contributed by atoms with E-state index >= 15 is 0 Å². The number of anilines is 1. The molecule has 21 heavy (non-hydrogen) atoms. The number of imide groups is 1. The van der Waals surface area contributed by atoms with E-state index in [9.17, 15) is 22.8 Å². The van der Waals surface area contributed by atoms with E-state index in [1.54, 1.807) is 0 Å². The van der Waals surface area contributed by atoms with Gasteiger partial charge in [-0.05, 0) is 18.2 Å². The molecule has 114 valence electrons. The summed E-state index contributed by atoms with van der Waals surface area (Å²) < 4.78 is 42.9. The topological polar surface area (TPSA) is 49.9 Å². The zero-order chi connectivity index (χ0) is 15.6. The molecule has 1 fully saturated rings. The quantitative estimate of drug-likeness (QED) is 0.801. The number of hydrogen-bond acceptors (Lipinski definition) is 3.